The van der Waals surface area contributed by atoms with Crippen molar-refractivity contribution in [3.05, 3.63) is 28.5 Å². The maximum absolute atomic E-state index is 11.2. The van der Waals surface area contributed by atoms with E-state index >= 15 is 0 Å². The topological polar surface area (TPSA) is 56.2 Å². The number of Topliss-reactive ketones (excluding diaryl/α,β-unsaturated/α-hetero) is 1. The Morgan fingerprint density at radius 1 is 1.47 bits per heavy atom. The molecular weight excluding hydrogens is 214 g/mol. The molecule has 0 aliphatic carbocycles. The third-order valence-electron chi connectivity index (χ3n) is 2.33. The summed E-state index contributed by atoms with van der Waals surface area (Å²) in [7, 11) is 0. The molecule has 1 aromatic heterocycles. The van der Waals surface area contributed by atoms with Gasteiger partial charge in [0.2, 0.25) is 0 Å². The molecule has 4 heteroatoms. The molecule has 0 aliphatic heterocycles. The fraction of sp³-hybridized carbons (Fsp3) is 0.182. The van der Waals surface area contributed by atoms with Crippen molar-refractivity contribution >= 4 is 34.0 Å². The van der Waals surface area contributed by atoms with Crippen molar-refractivity contribution in [2.45, 2.75) is 13.8 Å². The van der Waals surface area contributed by atoms with Gasteiger partial charge in [-0.15, -0.1) is 0 Å². The van der Waals surface area contributed by atoms with Gasteiger partial charge in [-0.2, -0.15) is 0 Å². The SMILES string of the molecule is CC(=O)c1oc2cc(C)c(Cl)cc2c1N. The van der Waals surface area contributed by atoms with Gasteiger partial charge in [0.15, 0.2) is 11.5 Å². The number of fused-ring (bicyclic) bond motifs is 1. The van der Waals surface area contributed by atoms with Crippen LogP contribution in [0.25, 0.3) is 11.0 Å². The Morgan fingerprint density at radius 2 is 2.13 bits per heavy atom. The molecule has 2 aromatic rings. The lowest BCUT2D eigenvalue weighted by Gasteiger charge is -1.96. The molecule has 0 atom stereocenters. The van der Waals surface area contributed by atoms with Crippen LogP contribution < -0.4 is 5.73 Å². The second kappa shape index (κ2) is 3.28. The molecule has 0 radical (unpaired) electrons. The number of nitrogen functional groups attached to an aromatic ring is 1. The first-order valence-electron chi connectivity index (χ1n) is 4.49. The van der Waals surface area contributed by atoms with E-state index in [1.165, 1.54) is 6.92 Å². The third kappa shape index (κ3) is 1.49. The molecule has 3 nitrogen and oxygen atoms in total. The number of hydrogen-bond acceptors (Lipinski definition) is 3. The Bertz CT molecular complexity index is 557. The van der Waals surface area contributed by atoms with E-state index in [1.807, 2.05) is 6.92 Å². The van der Waals surface area contributed by atoms with Crippen LogP contribution in [0.15, 0.2) is 16.5 Å². The van der Waals surface area contributed by atoms with Crippen LogP contribution >= 0.6 is 11.6 Å². The van der Waals surface area contributed by atoms with Crippen LogP contribution in [0.4, 0.5) is 5.69 Å². The van der Waals surface area contributed by atoms with Crippen LogP contribution in [0.5, 0.6) is 0 Å². The minimum absolute atomic E-state index is 0.183. The molecule has 0 bridgehead atoms. The third-order valence-corrected chi connectivity index (χ3v) is 2.73. The number of halogens is 1. The molecular formula is C11H10ClNO2. The van der Waals surface area contributed by atoms with Crippen molar-refractivity contribution < 1.29 is 9.21 Å². The summed E-state index contributed by atoms with van der Waals surface area (Å²) in [4.78, 5) is 11.2. The molecule has 1 aromatic carbocycles. The molecule has 1 heterocycles. The Labute approximate surface area is 91.8 Å². The molecule has 78 valence electrons. The second-order valence-corrected chi connectivity index (χ2v) is 3.91. The van der Waals surface area contributed by atoms with Crippen LogP contribution in [0.3, 0.4) is 0 Å². The normalized spacial score (nSPS) is 10.9. The summed E-state index contributed by atoms with van der Waals surface area (Å²) in [6.45, 7) is 3.29. The highest BCUT2D eigenvalue weighted by Crippen LogP contribution is 2.32. The monoisotopic (exact) mass is 223 g/mol. The van der Waals surface area contributed by atoms with E-state index < -0.39 is 0 Å². The average molecular weight is 224 g/mol. The van der Waals surface area contributed by atoms with E-state index in [1.54, 1.807) is 12.1 Å². The lowest BCUT2D eigenvalue weighted by atomic mass is 10.1. The van der Waals surface area contributed by atoms with Crippen molar-refractivity contribution in [1.82, 2.24) is 0 Å². The van der Waals surface area contributed by atoms with Crippen LogP contribution in [0.2, 0.25) is 5.02 Å². The molecule has 0 aliphatic rings. The second-order valence-electron chi connectivity index (χ2n) is 3.50. The van der Waals surface area contributed by atoms with Crippen LogP contribution in [0, 0.1) is 6.92 Å². The minimum atomic E-state index is -0.183. The van der Waals surface area contributed by atoms with Gasteiger partial charge in [-0.3, -0.25) is 4.79 Å². The standard InChI is InChI=1S/C11H10ClNO2/c1-5-3-9-7(4-8(5)12)10(13)11(15-9)6(2)14/h3-4H,13H2,1-2H3. The zero-order valence-corrected chi connectivity index (χ0v) is 9.18. The number of rotatable bonds is 1. The van der Waals surface area contributed by atoms with Crippen LogP contribution in [-0.4, -0.2) is 5.78 Å². The van der Waals surface area contributed by atoms with Gasteiger partial charge in [0.25, 0.3) is 0 Å². The predicted octanol–water partition coefficient (Wildman–Crippen LogP) is 3.18. The average Bonchev–Trinajstić information content (AvgIpc) is 2.46. The highest BCUT2D eigenvalue weighted by Gasteiger charge is 2.15. The molecule has 0 amide bonds. The summed E-state index contributed by atoms with van der Waals surface area (Å²) >= 11 is 5.97. The van der Waals surface area contributed by atoms with E-state index in [0.29, 0.717) is 21.7 Å². The Morgan fingerprint density at radius 3 is 2.73 bits per heavy atom. The Balaban J connectivity index is 2.83. The van der Waals surface area contributed by atoms with Crippen molar-refractivity contribution in [2.75, 3.05) is 5.73 Å². The van der Waals surface area contributed by atoms with Gasteiger partial charge in [0.1, 0.15) is 5.58 Å². The summed E-state index contributed by atoms with van der Waals surface area (Å²) in [5.41, 5.74) is 7.64. The Kier molecular flexibility index (Phi) is 2.20. The molecule has 0 unspecified atom stereocenters. The zero-order chi connectivity index (χ0) is 11.2. The molecule has 0 fully saturated rings. The van der Waals surface area contributed by atoms with E-state index in [0.717, 1.165) is 5.56 Å². The molecule has 0 spiro atoms. The van der Waals surface area contributed by atoms with Gasteiger partial charge in [-0.05, 0) is 24.6 Å². The largest absolute Gasteiger partial charge is 0.451 e. The molecule has 2 N–H and O–H groups in total. The van der Waals surface area contributed by atoms with Crippen LogP contribution in [0.1, 0.15) is 23.0 Å². The number of aryl methyl sites for hydroxylation is 1. The fourth-order valence-corrected chi connectivity index (χ4v) is 1.66. The number of nitrogens with two attached hydrogens (primary N) is 1. The lowest BCUT2D eigenvalue weighted by Crippen LogP contribution is -1.94. The molecule has 15 heavy (non-hydrogen) atoms. The summed E-state index contributed by atoms with van der Waals surface area (Å²) in [6, 6.07) is 3.50. The highest BCUT2D eigenvalue weighted by molar-refractivity contribution is 6.32. The number of ketones is 1. The minimum Gasteiger partial charge on any atom is -0.451 e. The smallest absolute Gasteiger partial charge is 0.197 e. The first-order chi connectivity index (χ1) is 7.00. The van der Waals surface area contributed by atoms with E-state index in [2.05, 4.69) is 0 Å². The molecule has 2 rings (SSSR count). The van der Waals surface area contributed by atoms with Gasteiger partial charge in [-0.1, -0.05) is 11.6 Å². The fourth-order valence-electron chi connectivity index (χ4n) is 1.50. The molecule has 0 saturated heterocycles. The summed E-state index contributed by atoms with van der Waals surface area (Å²) in [6.07, 6.45) is 0. The summed E-state index contributed by atoms with van der Waals surface area (Å²) in [5, 5.41) is 1.31. The van der Waals surface area contributed by atoms with Crippen molar-refractivity contribution in [3.8, 4) is 0 Å². The number of anilines is 1. The van der Waals surface area contributed by atoms with E-state index in [9.17, 15) is 4.79 Å². The van der Waals surface area contributed by atoms with E-state index in [4.69, 9.17) is 21.8 Å². The number of hydrogen-bond donors (Lipinski definition) is 1. The quantitative estimate of drug-likeness (QED) is 0.756. The zero-order valence-electron chi connectivity index (χ0n) is 8.43. The van der Waals surface area contributed by atoms with Gasteiger partial charge in [0.05, 0.1) is 5.69 Å². The van der Waals surface area contributed by atoms with Crippen LogP contribution in [-0.2, 0) is 0 Å². The summed E-state index contributed by atoms with van der Waals surface area (Å²) in [5.74, 6) is 0.0177. The predicted molar refractivity (Wildman–Crippen MR) is 60.4 cm³/mol. The summed E-state index contributed by atoms with van der Waals surface area (Å²) < 4.78 is 5.36. The lowest BCUT2D eigenvalue weighted by molar-refractivity contribution is 0.0990. The maximum Gasteiger partial charge on any atom is 0.197 e. The highest BCUT2D eigenvalue weighted by atomic mass is 35.5. The number of benzene rings is 1. The Hall–Kier alpha value is -1.48. The van der Waals surface area contributed by atoms with Crippen molar-refractivity contribution in [2.24, 2.45) is 0 Å². The number of carbonyl (C=O) groups is 1. The molecule has 0 saturated carbocycles. The van der Waals surface area contributed by atoms with Gasteiger partial charge < -0.3 is 10.2 Å². The number of furan rings is 1. The van der Waals surface area contributed by atoms with Gasteiger partial charge in [0, 0.05) is 17.3 Å². The van der Waals surface area contributed by atoms with Crippen molar-refractivity contribution in [1.29, 1.82) is 0 Å². The van der Waals surface area contributed by atoms with E-state index in [-0.39, 0.29) is 11.5 Å². The van der Waals surface area contributed by atoms with Gasteiger partial charge in [-0.25, -0.2) is 0 Å². The number of carbonyl (C=O) groups excluding carboxylic acids is 1. The maximum atomic E-state index is 11.2. The first kappa shape index (κ1) is 10.1. The van der Waals surface area contributed by atoms with Gasteiger partial charge >= 0.3 is 0 Å². The van der Waals surface area contributed by atoms with Crippen molar-refractivity contribution in [3.63, 3.8) is 0 Å². The first-order valence-corrected chi connectivity index (χ1v) is 4.87.